The van der Waals surface area contributed by atoms with Crippen molar-refractivity contribution in [2.24, 2.45) is 0 Å². The number of thioether (sulfide) groups is 1. The highest BCUT2D eigenvalue weighted by Crippen LogP contribution is 2.23. The molecule has 0 aliphatic rings. The summed E-state index contributed by atoms with van der Waals surface area (Å²) in [5, 5.41) is 0. The van der Waals surface area contributed by atoms with Crippen LogP contribution in [0.25, 0.3) is 0 Å². The molecule has 3 heteroatoms. The SMILES string of the molecule is CCCOc1cc(C=O)cc(SC)c1. The number of carbonyl (C=O) groups excluding carboxylic acids is 1. The van der Waals surface area contributed by atoms with Crippen LogP contribution in [0.3, 0.4) is 0 Å². The van der Waals surface area contributed by atoms with Gasteiger partial charge in [0.1, 0.15) is 12.0 Å². The van der Waals surface area contributed by atoms with Gasteiger partial charge in [0.2, 0.25) is 0 Å². The van der Waals surface area contributed by atoms with Gasteiger partial charge in [-0.25, -0.2) is 0 Å². The van der Waals surface area contributed by atoms with Crippen molar-refractivity contribution < 1.29 is 9.53 Å². The zero-order valence-electron chi connectivity index (χ0n) is 8.45. The molecular weight excluding hydrogens is 196 g/mol. The lowest BCUT2D eigenvalue weighted by Crippen LogP contribution is -1.96. The molecule has 0 saturated carbocycles. The van der Waals surface area contributed by atoms with Crippen molar-refractivity contribution in [3.63, 3.8) is 0 Å². The van der Waals surface area contributed by atoms with E-state index in [2.05, 4.69) is 6.92 Å². The van der Waals surface area contributed by atoms with Gasteiger partial charge in [-0.05, 0) is 30.9 Å². The zero-order chi connectivity index (χ0) is 10.4. The number of rotatable bonds is 5. The average Bonchev–Trinajstić information content (AvgIpc) is 2.25. The Hall–Kier alpha value is -0.960. The van der Waals surface area contributed by atoms with Crippen LogP contribution in [0.4, 0.5) is 0 Å². The Balaban J connectivity index is 2.86. The van der Waals surface area contributed by atoms with Gasteiger partial charge in [-0.1, -0.05) is 6.92 Å². The first-order valence-electron chi connectivity index (χ1n) is 4.57. The predicted octanol–water partition coefficient (Wildman–Crippen LogP) is 3.01. The summed E-state index contributed by atoms with van der Waals surface area (Å²) in [4.78, 5) is 11.7. The third kappa shape index (κ3) is 3.07. The molecule has 0 aromatic heterocycles. The van der Waals surface area contributed by atoms with Gasteiger partial charge in [0.25, 0.3) is 0 Å². The Morgan fingerprint density at radius 2 is 2.21 bits per heavy atom. The number of hydrogen-bond acceptors (Lipinski definition) is 3. The smallest absolute Gasteiger partial charge is 0.150 e. The van der Waals surface area contributed by atoms with Gasteiger partial charge in [-0.2, -0.15) is 0 Å². The second-order valence-corrected chi connectivity index (χ2v) is 3.79. The molecule has 0 aliphatic heterocycles. The van der Waals surface area contributed by atoms with E-state index < -0.39 is 0 Å². The van der Waals surface area contributed by atoms with E-state index in [4.69, 9.17) is 4.74 Å². The van der Waals surface area contributed by atoms with Crippen LogP contribution in [0.1, 0.15) is 23.7 Å². The van der Waals surface area contributed by atoms with Gasteiger partial charge in [0.05, 0.1) is 6.61 Å². The van der Waals surface area contributed by atoms with Crippen molar-refractivity contribution in [2.75, 3.05) is 12.9 Å². The first-order chi connectivity index (χ1) is 6.80. The van der Waals surface area contributed by atoms with Gasteiger partial charge in [-0.3, -0.25) is 4.79 Å². The minimum atomic E-state index is 0.669. The molecule has 2 nitrogen and oxygen atoms in total. The lowest BCUT2D eigenvalue weighted by Gasteiger charge is -2.06. The van der Waals surface area contributed by atoms with Crippen LogP contribution in [0.15, 0.2) is 23.1 Å². The van der Waals surface area contributed by atoms with Crippen LogP contribution in [-0.2, 0) is 0 Å². The number of hydrogen-bond donors (Lipinski definition) is 0. The zero-order valence-corrected chi connectivity index (χ0v) is 9.26. The maximum absolute atomic E-state index is 10.6. The summed E-state index contributed by atoms with van der Waals surface area (Å²) in [6.45, 7) is 2.75. The largest absolute Gasteiger partial charge is 0.494 e. The molecule has 0 heterocycles. The third-order valence-electron chi connectivity index (χ3n) is 1.75. The Bertz CT molecular complexity index is 310. The molecule has 1 aromatic carbocycles. The van der Waals surface area contributed by atoms with Crippen molar-refractivity contribution in [1.29, 1.82) is 0 Å². The maximum Gasteiger partial charge on any atom is 0.150 e. The standard InChI is InChI=1S/C11H14O2S/c1-3-4-13-10-5-9(8-12)6-11(7-10)14-2/h5-8H,3-4H2,1-2H3. The van der Waals surface area contributed by atoms with Crippen LogP contribution >= 0.6 is 11.8 Å². The fourth-order valence-electron chi connectivity index (χ4n) is 1.08. The molecule has 0 bridgehead atoms. The summed E-state index contributed by atoms with van der Waals surface area (Å²) in [7, 11) is 0. The van der Waals surface area contributed by atoms with E-state index in [0.29, 0.717) is 12.2 Å². The van der Waals surface area contributed by atoms with Crippen LogP contribution in [-0.4, -0.2) is 19.1 Å². The summed E-state index contributed by atoms with van der Waals surface area (Å²) in [6.07, 6.45) is 3.80. The molecule has 0 saturated heterocycles. The number of carbonyl (C=O) groups is 1. The molecule has 0 radical (unpaired) electrons. The lowest BCUT2D eigenvalue weighted by atomic mass is 10.2. The van der Waals surface area contributed by atoms with Crippen molar-refractivity contribution in [1.82, 2.24) is 0 Å². The van der Waals surface area contributed by atoms with Crippen molar-refractivity contribution in [2.45, 2.75) is 18.2 Å². The molecular formula is C11H14O2S. The molecule has 1 rings (SSSR count). The van der Waals surface area contributed by atoms with E-state index in [-0.39, 0.29) is 0 Å². The highest BCUT2D eigenvalue weighted by molar-refractivity contribution is 7.98. The minimum absolute atomic E-state index is 0.669. The van der Waals surface area contributed by atoms with Crippen LogP contribution in [0.5, 0.6) is 5.75 Å². The molecule has 1 aromatic rings. The van der Waals surface area contributed by atoms with Gasteiger partial charge in [0.15, 0.2) is 0 Å². The molecule has 0 unspecified atom stereocenters. The van der Waals surface area contributed by atoms with E-state index in [1.807, 2.05) is 18.4 Å². The van der Waals surface area contributed by atoms with Gasteiger partial charge < -0.3 is 4.74 Å². The second kappa shape index (κ2) is 5.70. The number of aldehydes is 1. The number of ether oxygens (including phenoxy) is 1. The fraction of sp³-hybridized carbons (Fsp3) is 0.364. The van der Waals surface area contributed by atoms with Crippen molar-refractivity contribution >= 4 is 18.0 Å². The Morgan fingerprint density at radius 1 is 1.43 bits per heavy atom. The summed E-state index contributed by atoms with van der Waals surface area (Å²) in [5.41, 5.74) is 0.669. The quantitative estimate of drug-likeness (QED) is 0.552. The summed E-state index contributed by atoms with van der Waals surface area (Å²) < 4.78 is 5.47. The molecule has 0 atom stereocenters. The second-order valence-electron chi connectivity index (χ2n) is 2.91. The van der Waals surface area contributed by atoms with Crippen molar-refractivity contribution in [3.05, 3.63) is 23.8 Å². The van der Waals surface area contributed by atoms with E-state index in [0.717, 1.165) is 23.4 Å². The highest BCUT2D eigenvalue weighted by Gasteiger charge is 2.00. The van der Waals surface area contributed by atoms with E-state index in [1.54, 1.807) is 17.8 Å². The Kier molecular flexibility index (Phi) is 4.53. The van der Waals surface area contributed by atoms with E-state index in [1.165, 1.54) is 0 Å². The van der Waals surface area contributed by atoms with E-state index in [9.17, 15) is 4.79 Å². The summed E-state index contributed by atoms with van der Waals surface area (Å²) >= 11 is 1.61. The van der Waals surface area contributed by atoms with Crippen molar-refractivity contribution in [3.8, 4) is 5.75 Å². The monoisotopic (exact) mass is 210 g/mol. The number of benzene rings is 1. The molecule has 76 valence electrons. The summed E-state index contributed by atoms with van der Waals surface area (Å²) in [5.74, 6) is 0.779. The first kappa shape index (κ1) is 11.1. The van der Waals surface area contributed by atoms with Gasteiger partial charge >= 0.3 is 0 Å². The Labute approximate surface area is 88.7 Å². The minimum Gasteiger partial charge on any atom is -0.494 e. The normalized spacial score (nSPS) is 9.86. The average molecular weight is 210 g/mol. The summed E-state index contributed by atoms with van der Waals surface area (Å²) in [6, 6.07) is 5.58. The molecule has 0 N–H and O–H groups in total. The van der Waals surface area contributed by atoms with Crippen LogP contribution in [0.2, 0.25) is 0 Å². The van der Waals surface area contributed by atoms with E-state index >= 15 is 0 Å². The molecule has 0 aliphatic carbocycles. The first-order valence-corrected chi connectivity index (χ1v) is 5.79. The highest BCUT2D eigenvalue weighted by atomic mass is 32.2. The van der Waals surface area contributed by atoms with Gasteiger partial charge in [0, 0.05) is 10.5 Å². The maximum atomic E-state index is 10.6. The molecule has 0 fully saturated rings. The van der Waals surface area contributed by atoms with Crippen LogP contribution in [0, 0.1) is 0 Å². The third-order valence-corrected chi connectivity index (χ3v) is 2.45. The lowest BCUT2D eigenvalue weighted by molar-refractivity contribution is 0.112. The predicted molar refractivity (Wildman–Crippen MR) is 59.4 cm³/mol. The Morgan fingerprint density at radius 3 is 2.79 bits per heavy atom. The molecule has 14 heavy (non-hydrogen) atoms. The van der Waals surface area contributed by atoms with Crippen LogP contribution < -0.4 is 4.74 Å². The van der Waals surface area contributed by atoms with Gasteiger partial charge in [-0.15, -0.1) is 11.8 Å². The topological polar surface area (TPSA) is 26.3 Å². The molecule has 0 spiro atoms. The molecule has 0 amide bonds. The fourth-order valence-corrected chi connectivity index (χ4v) is 1.57.